The summed E-state index contributed by atoms with van der Waals surface area (Å²) < 4.78 is 14.4. The molecular formula is C23H29N3O2S. The third-order valence-corrected chi connectivity index (χ3v) is 6.48. The number of anilines is 1. The summed E-state index contributed by atoms with van der Waals surface area (Å²) in [6.07, 6.45) is 8.10. The number of aryl methyl sites for hydroxylation is 1. The number of fused-ring (bicyclic) bond motifs is 1. The van der Waals surface area contributed by atoms with Crippen molar-refractivity contribution in [2.75, 3.05) is 17.5 Å². The van der Waals surface area contributed by atoms with Crippen LogP contribution in [-0.2, 0) is 17.5 Å². The average Bonchev–Trinajstić information content (AvgIpc) is 3.03. The maximum atomic E-state index is 12.9. The van der Waals surface area contributed by atoms with Gasteiger partial charge in [-0.25, -0.2) is 9.63 Å². The molecule has 2 N–H and O–H groups in total. The highest BCUT2D eigenvalue weighted by molar-refractivity contribution is 7.85. The first-order valence-corrected chi connectivity index (χ1v) is 12.0. The van der Waals surface area contributed by atoms with Crippen LogP contribution in [-0.4, -0.2) is 27.9 Å². The minimum absolute atomic E-state index is 0.0802. The molecule has 1 amide bonds. The van der Waals surface area contributed by atoms with Gasteiger partial charge in [-0.2, -0.15) is 0 Å². The summed E-state index contributed by atoms with van der Waals surface area (Å²) in [5.74, 6) is 0.757. The summed E-state index contributed by atoms with van der Waals surface area (Å²) in [5.41, 5.74) is 9.26. The van der Waals surface area contributed by atoms with Crippen molar-refractivity contribution in [2.24, 2.45) is 5.92 Å². The van der Waals surface area contributed by atoms with Gasteiger partial charge in [-0.3, -0.25) is 9.80 Å². The molecule has 2 aromatic rings. The SMILES string of the molecule is Cc1cc(-c2cccc(NS(C)=O)c2)cc2c1C(=O)N(NCC1CCCCC1)C2. The van der Waals surface area contributed by atoms with Crippen molar-refractivity contribution in [3.63, 3.8) is 0 Å². The van der Waals surface area contributed by atoms with Crippen LogP contribution in [0.2, 0.25) is 0 Å². The Kier molecular flexibility index (Phi) is 6.01. The van der Waals surface area contributed by atoms with Crippen molar-refractivity contribution >= 4 is 22.6 Å². The van der Waals surface area contributed by atoms with E-state index in [0.29, 0.717) is 12.5 Å². The largest absolute Gasteiger partial charge is 0.305 e. The lowest BCUT2D eigenvalue weighted by molar-refractivity contribution is 0.0663. The molecule has 29 heavy (non-hydrogen) atoms. The summed E-state index contributed by atoms with van der Waals surface area (Å²) >= 11 is 0. The first kappa shape index (κ1) is 20.1. The Hall–Kier alpha value is -2.18. The number of benzene rings is 2. The highest BCUT2D eigenvalue weighted by Crippen LogP contribution is 2.32. The fourth-order valence-corrected chi connectivity index (χ4v) is 4.98. The molecule has 0 bridgehead atoms. The van der Waals surface area contributed by atoms with Crippen molar-refractivity contribution in [2.45, 2.75) is 45.6 Å². The molecule has 1 saturated carbocycles. The molecule has 0 aromatic heterocycles. The summed E-state index contributed by atoms with van der Waals surface area (Å²) in [5, 5.41) is 1.79. The molecule has 1 heterocycles. The maximum Gasteiger partial charge on any atom is 0.268 e. The molecule has 0 radical (unpaired) electrons. The number of hydrogen-bond donors (Lipinski definition) is 2. The fraction of sp³-hybridized carbons (Fsp3) is 0.435. The lowest BCUT2D eigenvalue weighted by Gasteiger charge is -2.25. The van der Waals surface area contributed by atoms with Crippen LogP contribution < -0.4 is 10.1 Å². The normalized spacial score (nSPS) is 18.0. The highest BCUT2D eigenvalue weighted by atomic mass is 32.2. The smallest absolute Gasteiger partial charge is 0.268 e. The Morgan fingerprint density at radius 3 is 2.66 bits per heavy atom. The molecule has 1 atom stereocenters. The number of hydrogen-bond acceptors (Lipinski definition) is 3. The van der Waals surface area contributed by atoms with Crippen molar-refractivity contribution in [3.05, 3.63) is 53.1 Å². The summed E-state index contributed by atoms with van der Waals surface area (Å²) in [6.45, 7) is 3.49. The second-order valence-corrected chi connectivity index (χ2v) is 9.33. The first-order chi connectivity index (χ1) is 14.0. The monoisotopic (exact) mass is 411 g/mol. The fourth-order valence-electron chi connectivity index (χ4n) is 4.52. The minimum atomic E-state index is -1.11. The van der Waals surface area contributed by atoms with Gasteiger partial charge in [-0.05, 0) is 66.1 Å². The van der Waals surface area contributed by atoms with Crippen molar-refractivity contribution in [3.8, 4) is 11.1 Å². The second kappa shape index (κ2) is 8.67. The van der Waals surface area contributed by atoms with E-state index in [1.807, 2.05) is 31.2 Å². The van der Waals surface area contributed by atoms with E-state index in [4.69, 9.17) is 0 Å². The quantitative estimate of drug-likeness (QED) is 0.740. The van der Waals surface area contributed by atoms with Gasteiger partial charge in [0.25, 0.3) is 5.91 Å². The van der Waals surface area contributed by atoms with E-state index >= 15 is 0 Å². The summed E-state index contributed by atoms with van der Waals surface area (Å²) in [4.78, 5) is 12.9. The topological polar surface area (TPSA) is 61.4 Å². The van der Waals surface area contributed by atoms with Gasteiger partial charge in [0, 0.05) is 24.1 Å². The molecule has 4 rings (SSSR count). The minimum Gasteiger partial charge on any atom is -0.305 e. The standard InChI is InChI=1S/C23H29N3O2S/c1-16-11-19(18-9-6-10-21(13-18)25-29(2)28)12-20-15-26(23(27)22(16)20)24-14-17-7-4-3-5-8-17/h6,9-13,17,24-25H,3-5,7-8,14-15H2,1-2H3. The van der Waals surface area contributed by atoms with Crippen LogP contribution in [0.4, 0.5) is 5.69 Å². The molecule has 1 aliphatic heterocycles. The lowest BCUT2D eigenvalue weighted by atomic mass is 9.89. The average molecular weight is 412 g/mol. The van der Waals surface area contributed by atoms with Gasteiger partial charge in [0.15, 0.2) is 0 Å². The number of amides is 1. The molecule has 1 unspecified atom stereocenters. The van der Waals surface area contributed by atoms with Crippen LogP contribution in [0.5, 0.6) is 0 Å². The molecule has 2 aliphatic rings. The Bertz CT molecular complexity index is 938. The van der Waals surface area contributed by atoms with Crippen molar-refractivity contribution in [1.82, 2.24) is 10.4 Å². The lowest BCUT2D eigenvalue weighted by Crippen LogP contribution is -2.41. The number of hydrazine groups is 1. The van der Waals surface area contributed by atoms with Crippen molar-refractivity contribution in [1.29, 1.82) is 0 Å². The molecular weight excluding hydrogens is 382 g/mol. The third kappa shape index (κ3) is 4.54. The Morgan fingerprint density at radius 2 is 1.90 bits per heavy atom. The number of nitrogens with zero attached hydrogens (tertiary/aromatic N) is 1. The van der Waals surface area contributed by atoms with Gasteiger partial charge < -0.3 is 4.72 Å². The number of carbonyl (C=O) groups excluding carboxylic acids is 1. The van der Waals surface area contributed by atoms with Gasteiger partial charge in [0.2, 0.25) is 0 Å². The predicted octanol–water partition coefficient (Wildman–Crippen LogP) is 4.41. The van der Waals surface area contributed by atoms with E-state index in [2.05, 4.69) is 22.3 Å². The molecule has 5 nitrogen and oxygen atoms in total. The Labute approximate surface area is 175 Å². The summed E-state index contributed by atoms with van der Waals surface area (Å²) in [6, 6.07) is 12.1. The number of rotatable bonds is 6. The van der Waals surface area contributed by atoms with Crippen LogP contribution in [0, 0.1) is 12.8 Å². The molecule has 0 saturated heterocycles. The van der Waals surface area contributed by atoms with Crippen LogP contribution in [0.3, 0.4) is 0 Å². The Balaban J connectivity index is 1.52. The maximum absolute atomic E-state index is 12.9. The molecule has 2 aromatic carbocycles. The zero-order chi connectivity index (χ0) is 20.4. The van der Waals surface area contributed by atoms with Gasteiger partial charge in [-0.1, -0.05) is 37.5 Å². The third-order valence-electron chi connectivity index (χ3n) is 5.96. The van der Waals surface area contributed by atoms with Crippen molar-refractivity contribution < 1.29 is 9.00 Å². The van der Waals surface area contributed by atoms with E-state index in [9.17, 15) is 9.00 Å². The van der Waals surface area contributed by atoms with E-state index < -0.39 is 11.0 Å². The highest BCUT2D eigenvalue weighted by Gasteiger charge is 2.30. The van der Waals surface area contributed by atoms with Gasteiger partial charge in [0.1, 0.15) is 11.0 Å². The molecule has 6 heteroatoms. The van der Waals surface area contributed by atoms with E-state index in [1.54, 1.807) is 11.3 Å². The number of carbonyl (C=O) groups is 1. The zero-order valence-electron chi connectivity index (χ0n) is 17.2. The van der Waals surface area contributed by atoms with Crippen LogP contribution in [0.15, 0.2) is 36.4 Å². The molecule has 154 valence electrons. The first-order valence-electron chi connectivity index (χ1n) is 10.4. The zero-order valence-corrected chi connectivity index (χ0v) is 18.0. The van der Waals surface area contributed by atoms with Gasteiger partial charge in [-0.15, -0.1) is 0 Å². The van der Waals surface area contributed by atoms with Crippen LogP contribution in [0.1, 0.15) is 53.6 Å². The predicted molar refractivity (Wildman–Crippen MR) is 119 cm³/mol. The van der Waals surface area contributed by atoms with E-state index in [0.717, 1.165) is 40.0 Å². The van der Waals surface area contributed by atoms with Gasteiger partial charge >= 0.3 is 0 Å². The Morgan fingerprint density at radius 1 is 1.10 bits per heavy atom. The van der Waals surface area contributed by atoms with E-state index in [1.165, 1.54) is 32.1 Å². The van der Waals surface area contributed by atoms with Crippen LogP contribution >= 0.6 is 0 Å². The van der Waals surface area contributed by atoms with E-state index in [-0.39, 0.29) is 5.91 Å². The summed E-state index contributed by atoms with van der Waals surface area (Å²) in [7, 11) is -1.11. The second-order valence-electron chi connectivity index (χ2n) is 8.22. The van der Waals surface area contributed by atoms with Gasteiger partial charge in [0.05, 0.1) is 6.54 Å². The molecule has 0 spiro atoms. The molecule has 1 aliphatic carbocycles. The molecule has 1 fully saturated rings. The van der Waals surface area contributed by atoms with Crippen LogP contribution in [0.25, 0.3) is 11.1 Å². The number of nitrogens with one attached hydrogen (secondary N) is 2.